The largest absolute Gasteiger partial charge is 0.504 e. The molecule has 0 fully saturated rings. The van der Waals surface area contributed by atoms with E-state index in [1.807, 2.05) is 0 Å². The van der Waals surface area contributed by atoms with Crippen LogP contribution in [0.15, 0.2) is 22.8 Å². The van der Waals surface area contributed by atoms with Crippen LogP contribution in [-0.2, 0) is 0 Å². The van der Waals surface area contributed by atoms with E-state index in [1.165, 1.54) is 12.3 Å². The van der Waals surface area contributed by atoms with E-state index in [1.54, 1.807) is 6.07 Å². The standard InChI is InChI=1S/C5H4O2S/c6-4-2-1-3-7-5(4)8/h1-3,6H. The van der Waals surface area contributed by atoms with Crippen LogP contribution in [0.25, 0.3) is 0 Å². The van der Waals surface area contributed by atoms with Crippen molar-refractivity contribution in [3.8, 4) is 5.75 Å². The van der Waals surface area contributed by atoms with E-state index >= 15 is 0 Å². The lowest BCUT2D eigenvalue weighted by molar-refractivity contribution is 0.426. The first-order chi connectivity index (χ1) is 3.80. The predicted octanol–water partition coefficient (Wildman–Crippen LogP) is 1.71. The van der Waals surface area contributed by atoms with Crippen molar-refractivity contribution in [3.05, 3.63) is 23.1 Å². The summed E-state index contributed by atoms with van der Waals surface area (Å²) in [5.74, 6) is 0.0162. The van der Waals surface area contributed by atoms with Crippen LogP contribution in [0.2, 0.25) is 0 Å². The Balaban J connectivity index is 3.35. The smallest absolute Gasteiger partial charge is 0.231 e. The van der Waals surface area contributed by atoms with Crippen LogP contribution in [0.4, 0.5) is 0 Å². The second-order valence-corrected chi connectivity index (χ2v) is 1.66. The van der Waals surface area contributed by atoms with Gasteiger partial charge >= 0.3 is 0 Å². The highest BCUT2D eigenvalue weighted by atomic mass is 32.1. The van der Waals surface area contributed by atoms with Gasteiger partial charge in [0, 0.05) is 0 Å². The molecule has 42 valence electrons. The Hall–Kier alpha value is -0.830. The molecule has 1 rings (SSSR count). The van der Waals surface area contributed by atoms with Crippen molar-refractivity contribution in [1.29, 1.82) is 0 Å². The second kappa shape index (κ2) is 1.96. The summed E-state index contributed by atoms with van der Waals surface area (Å²) in [5.41, 5.74) is 0. The first-order valence-corrected chi connectivity index (χ1v) is 2.48. The highest BCUT2D eigenvalue weighted by Crippen LogP contribution is 2.07. The van der Waals surface area contributed by atoms with Crippen LogP contribution in [0.1, 0.15) is 0 Å². The lowest BCUT2D eigenvalue weighted by atomic mass is 10.5. The fourth-order valence-electron chi connectivity index (χ4n) is 0.360. The monoisotopic (exact) mass is 128 g/mol. The van der Waals surface area contributed by atoms with Gasteiger partial charge in [-0.05, 0) is 24.4 Å². The van der Waals surface area contributed by atoms with Crippen LogP contribution in [0.3, 0.4) is 0 Å². The molecule has 0 aromatic carbocycles. The third-order valence-corrected chi connectivity index (χ3v) is 1.02. The number of hydrogen-bond donors (Lipinski definition) is 1. The summed E-state index contributed by atoms with van der Waals surface area (Å²) in [6.45, 7) is 0. The Morgan fingerprint density at radius 2 is 2.38 bits per heavy atom. The van der Waals surface area contributed by atoms with Crippen LogP contribution in [-0.4, -0.2) is 5.11 Å². The molecular formula is C5H4O2S. The van der Waals surface area contributed by atoms with Crippen molar-refractivity contribution in [3.63, 3.8) is 0 Å². The van der Waals surface area contributed by atoms with E-state index < -0.39 is 0 Å². The summed E-state index contributed by atoms with van der Waals surface area (Å²) in [6, 6.07) is 3.05. The summed E-state index contributed by atoms with van der Waals surface area (Å²) in [4.78, 5) is 0. The summed E-state index contributed by atoms with van der Waals surface area (Å²) < 4.78 is 4.75. The molecule has 1 aromatic rings. The lowest BCUT2D eigenvalue weighted by Crippen LogP contribution is -1.61. The molecule has 0 saturated carbocycles. The van der Waals surface area contributed by atoms with Gasteiger partial charge in [0.25, 0.3) is 0 Å². The van der Waals surface area contributed by atoms with Gasteiger partial charge in [0.2, 0.25) is 4.71 Å². The third kappa shape index (κ3) is 0.869. The minimum absolute atomic E-state index is 0.0162. The average Bonchev–Trinajstić information content (AvgIpc) is 1.77. The second-order valence-electron chi connectivity index (χ2n) is 1.29. The summed E-state index contributed by atoms with van der Waals surface area (Å²) in [7, 11) is 0. The molecule has 0 aliphatic carbocycles. The number of rotatable bonds is 0. The van der Waals surface area contributed by atoms with E-state index in [0.717, 1.165) is 0 Å². The van der Waals surface area contributed by atoms with Crippen LogP contribution >= 0.6 is 12.2 Å². The van der Waals surface area contributed by atoms with Crippen molar-refractivity contribution in [2.45, 2.75) is 0 Å². The molecule has 0 bridgehead atoms. The molecule has 0 radical (unpaired) electrons. The molecular weight excluding hydrogens is 124 g/mol. The van der Waals surface area contributed by atoms with E-state index in [0.29, 0.717) is 0 Å². The summed E-state index contributed by atoms with van der Waals surface area (Å²) in [5, 5.41) is 8.72. The first-order valence-electron chi connectivity index (χ1n) is 2.07. The van der Waals surface area contributed by atoms with Gasteiger partial charge in [-0.2, -0.15) is 0 Å². The van der Waals surface area contributed by atoms with Gasteiger partial charge < -0.3 is 9.52 Å². The van der Waals surface area contributed by atoms with Crippen LogP contribution < -0.4 is 0 Å². The van der Waals surface area contributed by atoms with Crippen molar-refractivity contribution in [2.75, 3.05) is 0 Å². The van der Waals surface area contributed by atoms with Crippen molar-refractivity contribution in [2.24, 2.45) is 0 Å². The van der Waals surface area contributed by atoms with Crippen LogP contribution in [0, 0.1) is 4.71 Å². The Labute approximate surface area is 51.4 Å². The maximum Gasteiger partial charge on any atom is 0.231 e. The van der Waals surface area contributed by atoms with Crippen molar-refractivity contribution < 1.29 is 9.52 Å². The zero-order valence-corrected chi connectivity index (χ0v) is 4.81. The molecule has 0 atom stereocenters. The maximum absolute atomic E-state index is 8.72. The van der Waals surface area contributed by atoms with Gasteiger partial charge in [0.05, 0.1) is 6.26 Å². The van der Waals surface area contributed by atoms with Gasteiger partial charge in [-0.3, -0.25) is 0 Å². The van der Waals surface area contributed by atoms with Crippen molar-refractivity contribution >= 4 is 12.2 Å². The van der Waals surface area contributed by atoms with E-state index in [-0.39, 0.29) is 10.5 Å². The van der Waals surface area contributed by atoms with Gasteiger partial charge in [0.1, 0.15) is 0 Å². The fraction of sp³-hybridized carbons (Fsp3) is 0. The van der Waals surface area contributed by atoms with Crippen LogP contribution in [0.5, 0.6) is 5.75 Å². The Kier molecular flexibility index (Phi) is 1.30. The molecule has 3 heteroatoms. The zero-order chi connectivity index (χ0) is 5.98. The molecule has 0 saturated heterocycles. The van der Waals surface area contributed by atoms with E-state index in [2.05, 4.69) is 16.6 Å². The van der Waals surface area contributed by atoms with Gasteiger partial charge in [-0.1, -0.05) is 0 Å². The Morgan fingerprint density at radius 3 is 2.75 bits per heavy atom. The average molecular weight is 128 g/mol. The molecule has 2 nitrogen and oxygen atoms in total. The number of aromatic hydroxyl groups is 1. The molecule has 8 heavy (non-hydrogen) atoms. The first kappa shape index (κ1) is 5.31. The zero-order valence-electron chi connectivity index (χ0n) is 4.00. The number of hydrogen-bond acceptors (Lipinski definition) is 3. The lowest BCUT2D eigenvalue weighted by Gasteiger charge is -1.84. The third-order valence-electron chi connectivity index (χ3n) is 0.717. The topological polar surface area (TPSA) is 33.4 Å². The molecule has 0 amide bonds. The van der Waals surface area contributed by atoms with E-state index in [4.69, 9.17) is 5.11 Å². The summed E-state index contributed by atoms with van der Waals surface area (Å²) >= 11 is 4.54. The van der Waals surface area contributed by atoms with Gasteiger partial charge in [0.15, 0.2) is 5.75 Å². The molecule has 0 aliphatic rings. The predicted molar refractivity (Wildman–Crippen MR) is 31.2 cm³/mol. The molecule has 0 aliphatic heterocycles. The minimum atomic E-state index is 0.0162. The van der Waals surface area contributed by atoms with E-state index in [9.17, 15) is 0 Å². The highest BCUT2D eigenvalue weighted by Gasteiger charge is 1.85. The normalized spacial score (nSPS) is 9.00. The van der Waals surface area contributed by atoms with Gasteiger partial charge in [-0.25, -0.2) is 0 Å². The summed E-state index contributed by atoms with van der Waals surface area (Å²) in [6.07, 6.45) is 1.42. The van der Waals surface area contributed by atoms with Crippen molar-refractivity contribution in [1.82, 2.24) is 0 Å². The SMILES string of the molecule is Oc1cccoc1=S. The van der Waals surface area contributed by atoms with Gasteiger partial charge in [-0.15, -0.1) is 0 Å². The highest BCUT2D eigenvalue weighted by molar-refractivity contribution is 7.71. The Morgan fingerprint density at radius 1 is 1.62 bits per heavy atom. The quantitative estimate of drug-likeness (QED) is 0.540. The molecule has 0 spiro atoms. The molecule has 0 unspecified atom stereocenters. The molecule has 1 aromatic heterocycles. The molecule has 1 heterocycles. The Bertz CT molecular complexity index is 228. The minimum Gasteiger partial charge on any atom is -0.504 e. The fourth-order valence-corrected chi connectivity index (χ4v) is 0.484. The maximum atomic E-state index is 8.72. The molecule has 1 N–H and O–H groups in total.